The zero-order valence-electron chi connectivity index (χ0n) is 11.6. The minimum absolute atomic E-state index is 0.129. The summed E-state index contributed by atoms with van der Waals surface area (Å²) in [7, 11) is 0. The summed E-state index contributed by atoms with van der Waals surface area (Å²) in [5.41, 5.74) is 0. The van der Waals surface area contributed by atoms with E-state index in [-0.39, 0.29) is 19.1 Å². The summed E-state index contributed by atoms with van der Waals surface area (Å²) in [6, 6.07) is 0. The molecule has 0 saturated carbocycles. The van der Waals surface area contributed by atoms with Crippen molar-refractivity contribution in [2.75, 3.05) is 30.3 Å². The molecule has 0 spiro atoms. The first-order valence-electron chi connectivity index (χ1n) is 6.60. The molecule has 1 unspecified atom stereocenters. The van der Waals surface area contributed by atoms with Crippen molar-refractivity contribution in [2.24, 2.45) is 0 Å². The third kappa shape index (κ3) is 4.33. The Morgan fingerprint density at radius 1 is 1.24 bits per heavy atom. The van der Waals surface area contributed by atoms with Gasteiger partial charge < -0.3 is 20.8 Å². The van der Waals surface area contributed by atoms with Gasteiger partial charge in [-0.25, -0.2) is 4.98 Å². The molecule has 0 saturated heterocycles. The maximum atomic E-state index is 9.36. The Hall–Kier alpha value is -2.33. The topological polar surface area (TPSA) is 134 Å². The number of hydrogen-bond donors (Lipinski definition) is 4. The molecule has 1 atom stereocenters. The third-order valence-electron chi connectivity index (χ3n) is 2.49. The van der Waals surface area contributed by atoms with E-state index < -0.39 is 6.10 Å². The first-order valence-corrected chi connectivity index (χ1v) is 6.60. The third-order valence-corrected chi connectivity index (χ3v) is 2.49. The molecule has 0 aromatic carbocycles. The van der Waals surface area contributed by atoms with Crippen LogP contribution in [-0.4, -0.2) is 65.7 Å². The van der Waals surface area contributed by atoms with Crippen molar-refractivity contribution in [1.82, 2.24) is 29.7 Å². The van der Waals surface area contributed by atoms with E-state index in [9.17, 15) is 5.11 Å². The van der Waals surface area contributed by atoms with Crippen LogP contribution in [0, 0.1) is 0 Å². The lowest BCUT2D eigenvalue weighted by Gasteiger charge is -2.11. The Morgan fingerprint density at radius 3 is 2.62 bits per heavy atom. The van der Waals surface area contributed by atoms with Crippen molar-refractivity contribution in [3.8, 4) is 5.95 Å². The molecule has 2 aromatic heterocycles. The van der Waals surface area contributed by atoms with Gasteiger partial charge in [-0.05, 0) is 6.42 Å². The van der Waals surface area contributed by atoms with Gasteiger partial charge in [0.1, 0.15) is 12.7 Å². The molecule has 10 nitrogen and oxygen atoms in total. The van der Waals surface area contributed by atoms with Gasteiger partial charge in [0.15, 0.2) is 0 Å². The summed E-state index contributed by atoms with van der Waals surface area (Å²) in [4.78, 5) is 16.5. The normalized spacial score (nSPS) is 12.1. The molecule has 2 rings (SSSR count). The van der Waals surface area contributed by atoms with E-state index in [2.05, 4.69) is 35.7 Å². The van der Waals surface area contributed by atoms with Gasteiger partial charge in [-0.15, -0.1) is 0 Å². The summed E-state index contributed by atoms with van der Waals surface area (Å²) in [5.74, 6) is 0.988. The second kappa shape index (κ2) is 7.45. The standard InChI is InChI=1S/C11H18N8O2/c1-2-3-13-9-16-10(14-4-8(21)5-20)18-11(17-9)19-7-12-6-15-19/h6-8,20-21H,2-5H2,1H3,(H2,13,14,16,17,18). The monoisotopic (exact) mass is 294 g/mol. The molecular formula is C11H18N8O2. The quantitative estimate of drug-likeness (QED) is 0.485. The highest BCUT2D eigenvalue weighted by Gasteiger charge is 2.10. The molecular weight excluding hydrogens is 276 g/mol. The SMILES string of the molecule is CCCNc1nc(NCC(O)CO)nc(-n2cncn2)n1. The van der Waals surface area contributed by atoms with Gasteiger partial charge in [-0.2, -0.15) is 24.7 Å². The van der Waals surface area contributed by atoms with Gasteiger partial charge in [0, 0.05) is 13.1 Å². The summed E-state index contributed by atoms with van der Waals surface area (Å²) < 4.78 is 1.41. The van der Waals surface area contributed by atoms with Gasteiger partial charge in [-0.3, -0.25) is 0 Å². The van der Waals surface area contributed by atoms with Crippen molar-refractivity contribution in [1.29, 1.82) is 0 Å². The van der Waals surface area contributed by atoms with E-state index in [0.29, 0.717) is 11.9 Å². The van der Waals surface area contributed by atoms with Crippen molar-refractivity contribution in [2.45, 2.75) is 19.4 Å². The fraction of sp³-hybridized carbons (Fsp3) is 0.545. The highest BCUT2D eigenvalue weighted by Crippen LogP contribution is 2.08. The first-order chi connectivity index (χ1) is 10.2. The summed E-state index contributed by atoms with van der Waals surface area (Å²) in [6.45, 7) is 2.54. The fourth-order valence-electron chi connectivity index (χ4n) is 1.45. The number of nitrogens with one attached hydrogen (secondary N) is 2. The molecule has 4 N–H and O–H groups in total. The van der Waals surface area contributed by atoms with Crippen molar-refractivity contribution in [3.63, 3.8) is 0 Å². The molecule has 0 fully saturated rings. The van der Waals surface area contributed by atoms with E-state index in [1.54, 1.807) is 0 Å². The van der Waals surface area contributed by atoms with Crippen molar-refractivity contribution >= 4 is 11.9 Å². The zero-order chi connectivity index (χ0) is 15.1. The molecule has 114 valence electrons. The molecule has 10 heteroatoms. The molecule has 0 bridgehead atoms. The van der Waals surface area contributed by atoms with E-state index >= 15 is 0 Å². The van der Waals surface area contributed by atoms with Crippen LogP contribution in [0.3, 0.4) is 0 Å². The molecule has 2 aromatic rings. The van der Waals surface area contributed by atoms with Gasteiger partial charge in [0.05, 0.1) is 12.7 Å². The van der Waals surface area contributed by atoms with Gasteiger partial charge >= 0.3 is 0 Å². The Morgan fingerprint density at radius 2 is 2.00 bits per heavy atom. The number of aromatic nitrogens is 6. The van der Waals surface area contributed by atoms with Crippen molar-refractivity contribution < 1.29 is 10.2 Å². The molecule has 0 amide bonds. The van der Waals surface area contributed by atoms with Crippen molar-refractivity contribution in [3.05, 3.63) is 12.7 Å². The van der Waals surface area contributed by atoms with Crippen LogP contribution in [0.5, 0.6) is 0 Å². The van der Waals surface area contributed by atoms with Crippen LogP contribution in [0.1, 0.15) is 13.3 Å². The van der Waals surface area contributed by atoms with Gasteiger partial charge in [-0.1, -0.05) is 6.92 Å². The van der Waals surface area contributed by atoms with Gasteiger partial charge in [0.25, 0.3) is 5.95 Å². The highest BCUT2D eigenvalue weighted by atomic mass is 16.3. The first kappa shape index (κ1) is 15.1. The molecule has 0 radical (unpaired) electrons. The maximum absolute atomic E-state index is 9.36. The minimum Gasteiger partial charge on any atom is -0.394 e. The lowest BCUT2D eigenvalue weighted by molar-refractivity contribution is 0.105. The zero-order valence-corrected chi connectivity index (χ0v) is 11.6. The second-order valence-corrected chi connectivity index (χ2v) is 4.27. The van der Waals surface area contributed by atoms with Gasteiger partial charge in [0.2, 0.25) is 11.9 Å². The number of nitrogens with zero attached hydrogens (tertiary/aromatic N) is 6. The summed E-state index contributed by atoms with van der Waals surface area (Å²) >= 11 is 0. The number of anilines is 2. The van der Waals surface area contributed by atoms with E-state index in [4.69, 9.17) is 5.11 Å². The van der Waals surface area contributed by atoms with E-state index in [0.717, 1.165) is 13.0 Å². The Kier molecular flexibility index (Phi) is 5.35. The van der Waals surface area contributed by atoms with Crippen LogP contribution in [0.4, 0.5) is 11.9 Å². The molecule has 21 heavy (non-hydrogen) atoms. The second-order valence-electron chi connectivity index (χ2n) is 4.27. The lowest BCUT2D eigenvalue weighted by atomic mass is 10.4. The van der Waals surface area contributed by atoms with Crippen LogP contribution < -0.4 is 10.6 Å². The maximum Gasteiger partial charge on any atom is 0.258 e. The predicted molar refractivity (Wildman–Crippen MR) is 75.1 cm³/mol. The molecule has 0 aliphatic rings. The van der Waals surface area contributed by atoms with Crippen LogP contribution >= 0.6 is 0 Å². The number of hydrogen-bond acceptors (Lipinski definition) is 9. The fourth-order valence-corrected chi connectivity index (χ4v) is 1.45. The lowest BCUT2D eigenvalue weighted by Crippen LogP contribution is -2.24. The van der Waals surface area contributed by atoms with Crippen LogP contribution in [0.2, 0.25) is 0 Å². The highest BCUT2D eigenvalue weighted by molar-refractivity contribution is 5.37. The summed E-state index contributed by atoms with van der Waals surface area (Å²) in [5, 5.41) is 28.0. The average molecular weight is 294 g/mol. The summed E-state index contributed by atoms with van der Waals surface area (Å²) in [6.07, 6.45) is 2.90. The Labute approximate surface area is 121 Å². The average Bonchev–Trinajstić information content (AvgIpc) is 3.04. The Bertz CT molecular complexity index is 547. The molecule has 2 heterocycles. The smallest absolute Gasteiger partial charge is 0.258 e. The number of aliphatic hydroxyl groups excluding tert-OH is 2. The van der Waals surface area contributed by atoms with E-state index in [1.165, 1.54) is 17.3 Å². The molecule has 0 aliphatic heterocycles. The number of aliphatic hydroxyl groups is 2. The predicted octanol–water partition coefficient (Wildman–Crippen LogP) is -0.961. The van der Waals surface area contributed by atoms with E-state index in [1.807, 2.05) is 6.92 Å². The Balaban J connectivity index is 2.20. The van der Waals surface area contributed by atoms with Crippen LogP contribution in [0.15, 0.2) is 12.7 Å². The van der Waals surface area contributed by atoms with Crippen LogP contribution in [-0.2, 0) is 0 Å². The molecule has 0 aliphatic carbocycles. The minimum atomic E-state index is -0.886. The largest absolute Gasteiger partial charge is 0.394 e. The van der Waals surface area contributed by atoms with Crippen LogP contribution in [0.25, 0.3) is 5.95 Å². The number of rotatable bonds is 8.